The Hall–Kier alpha value is -5.76. The van der Waals surface area contributed by atoms with E-state index in [1.807, 2.05) is 36.4 Å². The fraction of sp³-hybridized carbons (Fsp3) is 0.133. The van der Waals surface area contributed by atoms with E-state index in [0.29, 0.717) is 28.3 Å². The minimum absolute atomic E-state index is 0.113. The van der Waals surface area contributed by atoms with Gasteiger partial charge >= 0.3 is 5.69 Å². The largest absolute Gasteiger partial charge is 0.487 e. The van der Waals surface area contributed by atoms with Gasteiger partial charge in [0.1, 0.15) is 23.1 Å². The van der Waals surface area contributed by atoms with E-state index in [-0.39, 0.29) is 41.3 Å². The van der Waals surface area contributed by atoms with Crippen molar-refractivity contribution in [3.8, 4) is 28.8 Å². The van der Waals surface area contributed by atoms with E-state index in [1.165, 1.54) is 25.3 Å². The highest BCUT2D eigenvalue weighted by Crippen LogP contribution is 2.36. The van der Waals surface area contributed by atoms with Gasteiger partial charge in [-0.1, -0.05) is 18.2 Å². The lowest BCUT2D eigenvalue weighted by Gasteiger charge is -2.26. The number of ether oxygens (including phenoxy) is 1. The van der Waals surface area contributed by atoms with Crippen LogP contribution in [-0.2, 0) is 16.1 Å². The average molecular weight is 550 g/mol. The summed E-state index contributed by atoms with van der Waals surface area (Å²) in [5.74, 6) is -0.831. The number of carbonyl (C=O) groups excluding carboxylic acids is 2. The van der Waals surface area contributed by atoms with Gasteiger partial charge in [0.25, 0.3) is 11.8 Å². The molecular weight excluding hydrogens is 526 g/mol. The number of nitrogens with zero attached hydrogens (tertiary/aromatic N) is 5. The van der Waals surface area contributed by atoms with Gasteiger partial charge < -0.3 is 9.15 Å². The standard InChI is InChI=1S/C30H23N5O6/c1-3-40-27-12-11-20(15-26(27)35(38)39)28-21(17-34(32-28)22-8-5-4-6-9-22)14-24-19(2)25(16-31)30(37)33(29(24)36)18-23-10-7-13-41-23/h4-15,17H,3,18H2,1-2H3/b24-14+. The molecule has 41 heavy (non-hydrogen) atoms. The van der Waals surface area contributed by atoms with Gasteiger partial charge in [-0.25, -0.2) is 4.68 Å². The van der Waals surface area contributed by atoms with Crippen LogP contribution >= 0.6 is 0 Å². The maximum Gasteiger partial charge on any atom is 0.311 e. The third-order valence-electron chi connectivity index (χ3n) is 6.51. The molecule has 0 saturated carbocycles. The van der Waals surface area contributed by atoms with Crippen molar-refractivity contribution in [2.45, 2.75) is 20.4 Å². The van der Waals surface area contributed by atoms with Gasteiger partial charge in [-0.15, -0.1) is 0 Å². The van der Waals surface area contributed by atoms with Gasteiger partial charge in [-0.3, -0.25) is 24.6 Å². The predicted molar refractivity (Wildman–Crippen MR) is 147 cm³/mol. The number of imide groups is 1. The summed E-state index contributed by atoms with van der Waals surface area (Å²) < 4.78 is 12.3. The molecule has 2 amide bonds. The highest BCUT2D eigenvalue weighted by Gasteiger charge is 2.36. The van der Waals surface area contributed by atoms with Crippen LogP contribution in [0, 0.1) is 21.4 Å². The van der Waals surface area contributed by atoms with Crippen LogP contribution in [0.25, 0.3) is 23.0 Å². The van der Waals surface area contributed by atoms with Gasteiger partial charge in [0.05, 0.1) is 30.0 Å². The first-order valence-electron chi connectivity index (χ1n) is 12.6. The van der Waals surface area contributed by atoms with Crippen LogP contribution in [0.2, 0.25) is 0 Å². The van der Waals surface area contributed by atoms with Crippen LogP contribution in [-0.4, -0.2) is 38.0 Å². The van der Waals surface area contributed by atoms with Crippen LogP contribution < -0.4 is 4.74 Å². The number of nitriles is 1. The smallest absolute Gasteiger partial charge is 0.311 e. The zero-order valence-corrected chi connectivity index (χ0v) is 22.1. The van der Waals surface area contributed by atoms with Crippen molar-refractivity contribution in [2.24, 2.45) is 0 Å². The van der Waals surface area contributed by atoms with Crippen LogP contribution in [0.5, 0.6) is 5.75 Å². The fourth-order valence-electron chi connectivity index (χ4n) is 4.50. The van der Waals surface area contributed by atoms with Crippen molar-refractivity contribution in [3.63, 3.8) is 0 Å². The Morgan fingerprint density at radius 3 is 2.56 bits per heavy atom. The zero-order chi connectivity index (χ0) is 29.1. The molecule has 1 aliphatic rings. The van der Waals surface area contributed by atoms with Crippen LogP contribution in [0.1, 0.15) is 25.2 Å². The SMILES string of the molecule is CCOc1ccc(-c2nn(-c3ccccc3)cc2/C=C2/C(=O)N(Cc3ccco3)C(=O)C(C#N)=C2C)cc1[N+](=O)[O-]. The van der Waals surface area contributed by atoms with Crippen molar-refractivity contribution in [2.75, 3.05) is 6.61 Å². The van der Waals surface area contributed by atoms with Crippen LogP contribution in [0.15, 0.2) is 94.3 Å². The molecule has 0 unspecified atom stereocenters. The molecule has 5 rings (SSSR count). The van der Waals surface area contributed by atoms with Crippen molar-refractivity contribution in [1.29, 1.82) is 5.26 Å². The van der Waals surface area contributed by atoms with E-state index in [4.69, 9.17) is 14.3 Å². The second-order valence-electron chi connectivity index (χ2n) is 9.03. The maximum absolute atomic E-state index is 13.6. The van der Waals surface area contributed by atoms with E-state index in [0.717, 1.165) is 4.90 Å². The summed E-state index contributed by atoms with van der Waals surface area (Å²) in [7, 11) is 0. The van der Waals surface area contributed by atoms with Gasteiger partial charge in [0.2, 0.25) is 0 Å². The molecule has 0 atom stereocenters. The Bertz CT molecular complexity index is 1760. The molecular formula is C30H23N5O6. The molecule has 0 bridgehead atoms. The normalized spacial score (nSPS) is 14.5. The molecule has 0 radical (unpaired) electrons. The summed E-state index contributed by atoms with van der Waals surface area (Å²) in [4.78, 5) is 38.9. The third kappa shape index (κ3) is 5.14. The average Bonchev–Trinajstić information content (AvgIpc) is 3.65. The minimum Gasteiger partial charge on any atom is -0.487 e. The van der Waals surface area contributed by atoms with Gasteiger partial charge in [-0.2, -0.15) is 10.4 Å². The lowest BCUT2D eigenvalue weighted by Crippen LogP contribution is -2.42. The molecule has 2 aromatic heterocycles. The van der Waals surface area contributed by atoms with Gasteiger partial charge in [0.15, 0.2) is 5.75 Å². The molecule has 11 heteroatoms. The highest BCUT2D eigenvalue weighted by molar-refractivity contribution is 6.19. The lowest BCUT2D eigenvalue weighted by atomic mass is 9.93. The Morgan fingerprint density at radius 1 is 1.12 bits per heavy atom. The zero-order valence-electron chi connectivity index (χ0n) is 22.1. The molecule has 2 aromatic carbocycles. The van der Waals surface area contributed by atoms with E-state index in [9.17, 15) is 25.0 Å². The summed E-state index contributed by atoms with van der Waals surface area (Å²) in [6.07, 6.45) is 4.65. The molecule has 0 fully saturated rings. The number of nitro benzene ring substituents is 1. The number of hydrogen-bond donors (Lipinski definition) is 0. The molecule has 204 valence electrons. The molecule has 11 nitrogen and oxygen atoms in total. The van der Waals surface area contributed by atoms with Crippen molar-refractivity contribution in [1.82, 2.24) is 14.7 Å². The number of rotatable bonds is 8. The van der Waals surface area contributed by atoms with E-state index < -0.39 is 16.7 Å². The van der Waals surface area contributed by atoms with Gasteiger partial charge in [-0.05, 0) is 61.9 Å². The monoisotopic (exact) mass is 549 g/mol. The molecule has 0 N–H and O–H groups in total. The maximum atomic E-state index is 13.6. The number of carbonyl (C=O) groups is 2. The Kier molecular flexibility index (Phi) is 7.30. The lowest BCUT2D eigenvalue weighted by molar-refractivity contribution is -0.385. The van der Waals surface area contributed by atoms with Crippen LogP contribution in [0.4, 0.5) is 5.69 Å². The number of aromatic nitrogens is 2. The molecule has 0 aliphatic carbocycles. The topological polar surface area (TPSA) is 145 Å². The summed E-state index contributed by atoms with van der Waals surface area (Å²) in [6.45, 7) is 3.37. The van der Waals surface area contributed by atoms with Crippen molar-refractivity contribution >= 4 is 23.6 Å². The highest BCUT2D eigenvalue weighted by atomic mass is 16.6. The minimum atomic E-state index is -0.717. The molecule has 3 heterocycles. The third-order valence-corrected chi connectivity index (χ3v) is 6.51. The Balaban J connectivity index is 1.69. The summed E-state index contributed by atoms with van der Waals surface area (Å²) in [5, 5.41) is 26.3. The summed E-state index contributed by atoms with van der Waals surface area (Å²) in [6, 6.07) is 18.9. The van der Waals surface area contributed by atoms with Crippen molar-refractivity contribution < 1.29 is 23.7 Å². The van der Waals surface area contributed by atoms with E-state index >= 15 is 0 Å². The molecule has 4 aromatic rings. The van der Waals surface area contributed by atoms with Gasteiger partial charge in [0, 0.05) is 29.0 Å². The first kappa shape index (κ1) is 26.8. The summed E-state index contributed by atoms with van der Waals surface area (Å²) in [5.41, 5.74) is 1.85. The van der Waals surface area contributed by atoms with E-state index in [2.05, 4.69) is 0 Å². The molecule has 1 aliphatic heterocycles. The number of amides is 2. The first-order valence-corrected chi connectivity index (χ1v) is 12.6. The number of para-hydroxylation sites is 1. The first-order chi connectivity index (χ1) is 19.8. The Labute approximate surface area is 234 Å². The number of hydrogen-bond acceptors (Lipinski definition) is 8. The second-order valence-corrected chi connectivity index (χ2v) is 9.03. The second kappa shape index (κ2) is 11.2. The Morgan fingerprint density at radius 2 is 1.90 bits per heavy atom. The number of furan rings is 1. The number of benzene rings is 2. The van der Waals surface area contributed by atoms with Crippen molar-refractivity contribution in [3.05, 3.63) is 111 Å². The van der Waals surface area contributed by atoms with E-state index in [1.54, 1.807) is 42.1 Å². The molecule has 0 saturated heterocycles. The van der Waals surface area contributed by atoms with Crippen LogP contribution in [0.3, 0.4) is 0 Å². The quantitative estimate of drug-likeness (QED) is 0.126. The molecule has 0 spiro atoms. The number of nitro groups is 1. The predicted octanol–water partition coefficient (Wildman–Crippen LogP) is 5.23. The fourth-order valence-corrected chi connectivity index (χ4v) is 4.50. The summed E-state index contributed by atoms with van der Waals surface area (Å²) >= 11 is 0.